The maximum atomic E-state index is 13.0. The van der Waals surface area contributed by atoms with Gasteiger partial charge in [-0.1, -0.05) is 0 Å². The number of carbonyl (C=O) groups is 1. The Morgan fingerprint density at radius 1 is 1.50 bits per heavy atom. The smallest absolute Gasteiger partial charge is 0.311 e. The molecular weight excluding hydrogens is 332 g/mol. The molecule has 0 aromatic carbocycles. The maximum absolute atomic E-state index is 13.0. The molecule has 130 valence electrons. The molecule has 1 aliphatic carbocycles. The molecule has 0 amide bonds. The largest absolute Gasteiger partial charge is 0.481 e. The van der Waals surface area contributed by atoms with Gasteiger partial charge in [0, 0.05) is 18.4 Å². The average molecular weight is 352 g/mol. The van der Waals surface area contributed by atoms with E-state index in [1.807, 2.05) is 0 Å². The van der Waals surface area contributed by atoms with Crippen LogP contribution in [-0.4, -0.2) is 46.1 Å². The van der Waals surface area contributed by atoms with Crippen molar-refractivity contribution in [1.29, 1.82) is 0 Å². The average Bonchev–Trinajstić information content (AvgIpc) is 2.94. The number of hydrogen-bond acceptors (Lipinski definition) is 6. The third-order valence-electron chi connectivity index (χ3n) is 4.40. The van der Waals surface area contributed by atoms with E-state index < -0.39 is 11.9 Å². The number of ether oxygens (including phenoxy) is 1. The van der Waals surface area contributed by atoms with Crippen molar-refractivity contribution in [2.75, 3.05) is 20.3 Å². The lowest BCUT2D eigenvalue weighted by Gasteiger charge is -2.19. The molecule has 2 heterocycles. The molecule has 0 bridgehead atoms. The molecule has 2 aromatic rings. The quantitative estimate of drug-likeness (QED) is 0.808. The van der Waals surface area contributed by atoms with E-state index in [2.05, 4.69) is 4.98 Å². The van der Waals surface area contributed by atoms with Crippen molar-refractivity contribution in [3.63, 3.8) is 0 Å². The number of aliphatic hydroxyl groups excluding tert-OH is 1. The summed E-state index contributed by atoms with van der Waals surface area (Å²) >= 11 is 1.42. The van der Waals surface area contributed by atoms with E-state index in [-0.39, 0.29) is 18.7 Å². The van der Waals surface area contributed by atoms with Gasteiger partial charge in [0.25, 0.3) is 5.56 Å². The standard InChI is InChI=1S/C16H20N2O5S/c1-23-8-5-11-17-14-13(15(20)18(11)6-7-19)12-9(16(21)22)3-2-4-10(12)24-14/h9,19H,2-8H2,1H3,(H,21,22). The molecule has 0 aliphatic heterocycles. The van der Waals surface area contributed by atoms with Crippen LogP contribution in [-0.2, 0) is 28.9 Å². The van der Waals surface area contributed by atoms with Crippen LogP contribution in [0.4, 0.5) is 0 Å². The number of aryl methyl sites for hydroxylation is 1. The second-order valence-electron chi connectivity index (χ2n) is 5.85. The molecule has 2 N–H and O–H groups in total. The van der Waals surface area contributed by atoms with E-state index in [4.69, 9.17) is 4.74 Å². The number of methoxy groups -OCH3 is 1. The normalized spacial score (nSPS) is 17.2. The highest BCUT2D eigenvalue weighted by molar-refractivity contribution is 7.18. The molecule has 0 fully saturated rings. The third-order valence-corrected chi connectivity index (χ3v) is 5.56. The van der Waals surface area contributed by atoms with Gasteiger partial charge in [-0.15, -0.1) is 11.3 Å². The van der Waals surface area contributed by atoms with Gasteiger partial charge in [-0.2, -0.15) is 0 Å². The van der Waals surface area contributed by atoms with Crippen LogP contribution in [0, 0.1) is 0 Å². The minimum atomic E-state index is -0.896. The summed E-state index contributed by atoms with van der Waals surface area (Å²) in [5.74, 6) is -0.981. The first-order chi connectivity index (χ1) is 11.6. The Bertz CT molecular complexity index is 826. The van der Waals surface area contributed by atoms with Crippen LogP contribution in [0.25, 0.3) is 10.2 Å². The Balaban J connectivity index is 2.25. The number of aromatic nitrogens is 2. The lowest BCUT2D eigenvalue weighted by molar-refractivity contribution is -0.139. The first-order valence-electron chi connectivity index (χ1n) is 7.96. The van der Waals surface area contributed by atoms with Crippen molar-refractivity contribution < 1.29 is 19.7 Å². The Morgan fingerprint density at radius 3 is 2.96 bits per heavy atom. The molecule has 1 aliphatic rings. The second-order valence-corrected chi connectivity index (χ2v) is 6.94. The fourth-order valence-corrected chi connectivity index (χ4v) is 4.60. The second kappa shape index (κ2) is 7.00. The molecule has 0 radical (unpaired) electrons. The number of hydrogen-bond donors (Lipinski definition) is 2. The van der Waals surface area contributed by atoms with Crippen LogP contribution in [0.3, 0.4) is 0 Å². The van der Waals surface area contributed by atoms with E-state index in [9.17, 15) is 19.8 Å². The van der Waals surface area contributed by atoms with Crippen molar-refractivity contribution in [3.05, 3.63) is 26.6 Å². The molecule has 0 saturated heterocycles. The zero-order chi connectivity index (χ0) is 17.3. The molecule has 1 atom stereocenters. The van der Waals surface area contributed by atoms with Gasteiger partial charge in [-0.3, -0.25) is 14.2 Å². The van der Waals surface area contributed by atoms with Crippen molar-refractivity contribution in [2.45, 2.75) is 38.1 Å². The van der Waals surface area contributed by atoms with E-state index >= 15 is 0 Å². The predicted octanol–water partition coefficient (Wildman–Crippen LogP) is 1.14. The molecule has 3 rings (SSSR count). The van der Waals surface area contributed by atoms with Crippen LogP contribution < -0.4 is 5.56 Å². The summed E-state index contributed by atoms with van der Waals surface area (Å²) < 4.78 is 6.51. The van der Waals surface area contributed by atoms with E-state index in [1.165, 1.54) is 15.9 Å². The van der Waals surface area contributed by atoms with Crippen LogP contribution >= 0.6 is 11.3 Å². The molecule has 8 heteroatoms. The molecular formula is C16H20N2O5S. The summed E-state index contributed by atoms with van der Waals surface area (Å²) in [4.78, 5) is 30.7. The summed E-state index contributed by atoms with van der Waals surface area (Å²) in [6.07, 6.45) is 2.59. The Hall–Kier alpha value is -1.77. The minimum absolute atomic E-state index is 0.142. The molecule has 2 aromatic heterocycles. The van der Waals surface area contributed by atoms with Crippen LogP contribution in [0.15, 0.2) is 4.79 Å². The summed E-state index contributed by atoms with van der Waals surface area (Å²) in [5.41, 5.74) is 0.377. The first kappa shape index (κ1) is 17.1. The Labute approximate surface area is 142 Å². The highest BCUT2D eigenvalue weighted by atomic mass is 32.1. The van der Waals surface area contributed by atoms with Gasteiger partial charge < -0.3 is 14.9 Å². The van der Waals surface area contributed by atoms with Crippen LogP contribution in [0.1, 0.15) is 35.0 Å². The number of carboxylic acids is 1. The highest BCUT2D eigenvalue weighted by Gasteiger charge is 2.32. The number of nitrogens with zero attached hydrogens (tertiary/aromatic N) is 2. The molecule has 7 nitrogen and oxygen atoms in total. The van der Waals surface area contributed by atoms with Crippen molar-refractivity contribution in [1.82, 2.24) is 9.55 Å². The number of aliphatic carboxylic acids is 1. The van der Waals surface area contributed by atoms with Gasteiger partial charge >= 0.3 is 5.97 Å². The van der Waals surface area contributed by atoms with Gasteiger partial charge in [0.15, 0.2) is 0 Å². The number of aliphatic hydroxyl groups is 1. The molecule has 24 heavy (non-hydrogen) atoms. The van der Waals surface area contributed by atoms with Crippen LogP contribution in [0.5, 0.6) is 0 Å². The highest BCUT2D eigenvalue weighted by Crippen LogP contribution is 2.40. The van der Waals surface area contributed by atoms with Gasteiger partial charge in [-0.05, 0) is 24.8 Å². The Morgan fingerprint density at radius 2 is 2.29 bits per heavy atom. The number of thiophene rings is 1. The first-order valence-corrected chi connectivity index (χ1v) is 8.77. The summed E-state index contributed by atoms with van der Waals surface area (Å²) in [6.45, 7) is 0.386. The monoisotopic (exact) mass is 352 g/mol. The molecule has 0 spiro atoms. The number of fused-ring (bicyclic) bond motifs is 3. The number of rotatable bonds is 6. The predicted molar refractivity (Wildman–Crippen MR) is 89.9 cm³/mol. The van der Waals surface area contributed by atoms with Gasteiger partial charge in [0.2, 0.25) is 0 Å². The van der Waals surface area contributed by atoms with Crippen molar-refractivity contribution in [3.8, 4) is 0 Å². The van der Waals surface area contributed by atoms with E-state index in [1.54, 1.807) is 7.11 Å². The maximum Gasteiger partial charge on any atom is 0.311 e. The van der Waals surface area contributed by atoms with Crippen LogP contribution in [0.2, 0.25) is 0 Å². The third kappa shape index (κ3) is 2.85. The van der Waals surface area contributed by atoms with Gasteiger partial charge in [0.05, 0.1) is 31.1 Å². The summed E-state index contributed by atoms with van der Waals surface area (Å²) in [7, 11) is 1.58. The van der Waals surface area contributed by atoms with Gasteiger partial charge in [-0.25, -0.2) is 4.98 Å². The zero-order valence-corrected chi connectivity index (χ0v) is 14.3. The summed E-state index contributed by atoms with van der Waals surface area (Å²) in [6, 6.07) is 0. The molecule has 0 saturated carbocycles. The van der Waals surface area contributed by atoms with E-state index in [0.717, 1.165) is 17.7 Å². The zero-order valence-electron chi connectivity index (χ0n) is 13.4. The fourth-order valence-electron chi connectivity index (χ4n) is 3.32. The molecule has 1 unspecified atom stereocenters. The summed E-state index contributed by atoms with van der Waals surface area (Å²) in [5, 5.41) is 19.2. The topological polar surface area (TPSA) is 102 Å². The minimum Gasteiger partial charge on any atom is -0.481 e. The van der Waals surface area contributed by atoms with Gasteiger partial charge in [0.1, 0.15) is 10.7 Å². The number of carboxylic acid groups (broad SMARTS) is 1. The SMILES string of the molecule is COCCc1nc2sc3c(c2c(=O)n1CCO)C(C(=O)O)CCC3. The lowest BCUT2D eigenvalue weighted by Crippen LogP contribution is -2.28. The Kier molecular flexibility index (Phi) is 4.98. The fraction of sp³-hybridized carbons (Fsp3) is 0.562. The van der Waals surface area contributed by atoms with Crippen molar-refractivity contribution in [2.24, 2.45) is 0 Å². The lowest BCUT2D eigenvalue weighted by atomic mass is 9.86. The van der Waals surface area contributed by atoms with E-state index in [0.29, 0.717) is 41.1 Å². The van der Waals surface area contributed by atoms with Crippen molar-refractivity contribution >= 4 is 27.5 Å².